The van der Waals surface area contributed by atoms with Gasteiger partial charge in [-0.2, -0.15) is 0 Å². The molecule has 1 aliphatic heterocycles. The molecule has 0 spiro atoms. The number of nitrogens with zero attached hydrogens (tertiary/aromatic N) is 1. The Morgan fingerprint density at radius 3 is 2.71 bits per heavy atom. The fourth-order valence-electron chi connectivity index (χ4n) is 3.97. The summed E-state index contributed by atoms with van der Waals surface area (Å²) < 4.78 is 1.07. The molecule has 0 saturated carbocycles. The zero-order valence-electron chi connectivity index (χ0n) is 13.2. The molecule has 3 atom stereocenters. The minimum atomic E-state index is -0.304. The number of non-ortho nitro benzene ring substituents is 1. The van der Waals surface area contributed by atoms with Gasteiger partial charge in [-0.05, 0) is 48.1 Å². The van der Waals surface area contributed by atoms with E-state index in [4.69, 9.17) is 0 Å². The second kappa shape index (κ2) is 5.74. The Morgan fingerprint density at radius 1 is 1.25 bits per heavy atom. The van der Waals surface area contributed by atoms with E-state index >= 15 is 0 Å². The van der Waals surface area contributed by atoms with Gasteiger partial charge in [-0.15, -0.1) is 0 Å². The van der Waals surface area contributed by atoms with Crippen molar-refractivity contribution >= 4 is 27.3 Å². The van der Waals surface area contributed by atoms with Gasteiger partial charge in [0, 0.05) is 28.2 Å². The summed E-state index contributed by atoms with van der Waals surface area (Å²) in [4.78, 5) is 10.9. The Labute approximate surface area is 148 Å². The number of hydrogen-bond donors (Lipinski definition) is 1. The molecule has 0 radical (unpaired) electrons. The van der Waals surface area contributed by atoms with E-state index in [1.54, 1.807) is 12.1 Å². The maximum atomic E-state index is 11.2. The molecule has 5 heteroatoms. The monoisotopic (exact) mass is 384 g/mol. The second-order valence-electron chi connectivity index (χ2n) is 6.51. The molecule has 1 heterocycles. The van der Waals surface area contributed by atoms with Gasteiger partial charge < -0.3 is 5.32 Å². The van der Waals surface area contributed by atoms with E-state index in [1.165, 1.54) is 5.56 Å². The van der Waals surface area contributed by atoms with Gasteiger partial charge in [-0.3, -0.25) is 10.1 Å². The molecular formula is C19H17BrN2O2. The lowest BCUT2D eigenvalue weighted by Gasteiger charge is -2.38. The van der Waals surface area contributed by atoms with Crippen molar-refractivity contribution in [3.8, 4) is 0 Å². The molecule has 0 saturated heterocycles. The van der Waals surface area contributed by atoms with E-state index < -0.39 is 0 Å². The number of aryl methyl sites for hydroxylation is 1. The van der Waals surface area contributed by atoms with Gasteiger partial charge in [0.25, 0.3) is 5.69 Å². The van der Waals surface area contributed by atoms with Crippen LogP contribution in [0.25, 0.3) is 0 Å². The summed E-state index contributed by atoms with van der Waals surface area (Å²) in [5, 5.41) is 14.9. The predicted octanol–water partition coefficient (Wildman–Crippen LogP) is 5.49. The van der Waals surface area contributed by atoms with Crippen molar-refractivity contribution in [2.45, 2.75) is 25.3 Å². The zero-order chi connectivity index (χ0) is 16.8. The number of nitrogens with one attached hydrogen (secondary N) is 1. The molecule has 0 fully saturated rings. The van der Waals surface area contributed by atoms with Gasteiger partial charge in [0.1, 0.15) is 0 Å². The standard InChI is InChI=1S/C19H17BrN2O2/c1-11-9-14(22(23)24)10-17-15-3-2-4-16(15)19(21-18(11)17)12-5-7-13(20)8-6-12/h2-3,5-10,15-16,19,21H,4H2,1H3/t15-,16-,19-/m1/s1. The molecule has 0 amide bonds. The summed E-state index contributed by atoms with van der Waals surface area (Å²) in [7, 11) is 0. The van der Waals surface area contributed by atoms with E-state index in [-0.39, 0.29) is 22.6 Å². The second-order valence-corrected chi connectivity index (χ2v) is 7.43. The number of nitro benzene ring substituents is 1. The van der Waals surface area contributed by atoms with Gasteiger partial charge in [0.2, 0.25) is 0 Å². The van der Waals surface area contributed by atoms with Gasteiger partial charge in [0.15, 0.2) is 0 Å². The Kier molecular flexibility index (Phi) is 3.68. The van der Waals surface area contributed by atoms with Crippen molar-refractivity contribution in [1.82, 2.24) is 0 Å². The third kappa shape index (κ3) is 2.44. The van der Waals surface area contributed by atoms with Crippen LogP contribution in [-0.4, -0.2) is 4.92 Å². The summed E-state index contributed by atoms with van der Waals surface area (Å²) in [5.74, 6) is 0.619. The summed E-state index contributed by atoms with van der Waals surface area (Å²) in [6.45, 7) is 1.94. The number of nitro groups is 1. The van der Waals surface area contributed by atoms with Crippen molar-refractivity contribution < 1.29 is 4.92 Å². The van der Waals surface area contributed by atoms with Gasteiger partial charge in [0.05, 0.1) is 11.0 Å². The molecule has 0 bridgehead atoms. The minimum Gasteiger partial charge on any atom is -0.377 e. The first-order chi connectivity index (χ1) is 11.5. The highest BCUT2D eigenvalue weighted by Crippen LogP contribution is 2.51. The van der Waals surface area contributed by atoms with Gasteiger partial charge in [-0.25, -0.2) is 0 Å². The van der Waals surface area contributed by atoms with Crippen molar-refractivity contribution in [1.29, 1.82) is 0 Å². The molecule has 24 heavy (non-hydrogen) atoms. The van der Waals surface area contributed by atoms with Crippen LogP contribution in [0.2, 0.25) is 0 Å². The number of fused-ring (bicyclic) bond motifs is 3. The van der Waals surface area contributed by atoms with Crippen LogP contribution >= 0.6 is 15.9 Å². The van der Waals surface area contributed by atoms with Gasteiger partial charge >= 0.3 is 0 Å². The molecule has 1 N–H and O–H groups in total. The first kappa shape index (κ1) is 15.4. The molecule has 0 aromatic heterocycles. The van der Waals surface area contributed by atoms with E-state index in [9.17, 15) is 10.1 Å². The van der Waals surface area contributed by atoms with Crippen LogP contribution in [-0.2, 0) is 0 Å². The van der Waals surface area contributed by atoms with Crippen LogP contribution in [0, 0.1) is 23.0 Å². The van der Waals surface area contributed by atoms with Gasteiger partial charge in [-0.1, -0.05) is 40.2 Å². The van der Waals surface area contributed by atoms with Crippen LogP contribution < -0.4 is 5.32 Å². The Bertz CT molecular complexity index is 845. The zero-order valence-corrected chi connectivity index (χ0v) is 14.8. The maximum Gasteiger partial charge on any atom is 0.270 e. The Morgan fingerprint density at radius 2 is 2.00 bits per heavy atom. The van der Waals surface area contributed by atoms with Crippen LogP contribution in [0.4, 0.5) is 11.4 Å². The maximum absolute atomic E-state index is 11.2. The topological polar surface area (TPSA) is 55.2 Å². The lowest BCUT2D eigenvalue weighted by Crippen LogP contribution is -2.29. The van der Waals surface area contributed by atoms with Crippen LogP contribution in [0.3, 0.4) is 0 Å². The average Bonchev–Trinajstić information content (AvgIpc) is 3.05. The van der Waals surface area contributed by atoms with E-state index in [2.05, 4.69) is 57.7 Å². The quantitative estimate of drug-likeness (QED) is 0.422. The van der Waals surface area contributed by atoms with Crippen LogP contribution in [0.1, 0.15) is 35.1 Å². The van der Waals surface area contributed by atoms with Crippen molar-refractivity contribution in [3.63, 3.8) is 0 Å². The first-order valence-electron chi connectivity index (χ1n) is 8.02. The first-order valence-corrected chi connectivity index (χ1v) is 8.81. The highest BCUT2D eigenvalue weighted by atomic mass is 79.9. The Hall–Kier alpha value is -2.14. The van der Waals surface area contributed by atoms with Crippen LogP contribution in [0.5, 0.6) is 0 Å². The lowest BCUT2D eigenvalue weighted by molar-refractivity contribution is -0.385. The largest absolute Gasteiger partial charge is 0.377 e. The number of hydrogen-bond acceptors (Lipinski definition) is 3. The third-order valence-electron chi connectivity index (χ3n) is 5.09. The SMILES string of the molecule is Cc1cc([N+](=O)[O-])cc2c1N[C@H](c1ccc(Br)cc1)[C@@H]1CC=C[C@@H]21. The molecule has 2 aromatic rings. The summed E-state index contributed by atoms with van der Waals surface area (Å²) in [6, 6.07) is 12.0. The number of rotatable bonds is 2. The van der Waals surface area contributed by atoms with E-state index in [0.29, 0.717) is 5.92 Å². The predicted molar refractivity (Wildman–Crippen MR) is 98.3 cm³/mol. The fraction of sp³-hybridized carbons (Fsp3) is 0.263. The summed E-state index contributed by atoms with van der Waals surface area (Å²) in [6.07, 6.45) is 5.39. The highest BCUT2D eigenvalue weighted by molar-refractivity contribution is 9.10. The van der Waals surface area contributed by atoms with E-state index in [0.717, 1.165) is 27.7 Å². The molecule has 0 unspecified atom stereocenters. The minimum absolute atomic E-state index is 0.175. The third-order valence-corrected chi connectivity index (χ3v) is 5.62. The fourth-order valence-corrected chi connectivity index (χ4v) is 4.24. The molecule has 1 aliphatic carbocycles. The average molecular weight is 385 g/mol. The number of allylic oxidation sites excluding steroid dienone is 2. The normalized spacial score (nSPS) is 24.2. The van der Waals surface area contributed by atoms with Crippen molar-refractivity contribution in [2.24, 2.45) is 5.92 Å². The molecule has 2 aliphatic rings. The van der Waals surface area contributed by atoms with Crippen molar-refractivity contribution in [3.05, 3.63) is 79.8 Å². The molecule has 2 aromatic carbocycles. The summed E-state index contributed by atoms with van der Waals surface area (Å²) >= 11 is 3.49. The van der Waals surface area contributed by atoms with Crippen LogP contribution in [0.15, 0.2) is 53.0 Å². The molecule has 4 rings (SSSR count). The van der Waals surface area contributed by atoms with Crippen molar-refractivity contribution in [2.75, 3.05) is 5.32 Å². The number of anilines is 1. The summed E-state index contributed by atoms with van der Waals surface area (Å²) in [5.41, 5.74) is 4.45. The Balaban J connectivity index is 1.82. The number of benzene rings is 2. The number of halogens is 1. The van der Waals surface area contributed by atoms with E-state index in [1.807, 2.05) is 6.92 Å². The lowest BCUT2D eigenvalue weighted by atomic mass is 9.76. The highest BCUT2D eigenvalue weighted by Gasteiger charge is 2.39. The molecule has 4 nitrogen and oxygen atoms in total. The molecular weight excluding hydrogens is 368 g/mol. The smallest absolute Gasteiger partial charge is 0.270 e. The molecule has 122 valence electrons.